The van der Waals surface area contributed by atoms with E-state index in [1.54, 1.807) is 0 Å². The van der Waals surface area contributed by atoms with E-state index >= 15 is 0 Å². The van der Waals surface area contributed by atoms with Crippen molar-refractivity contribution in [1.29, 1.82) is 0 Å². The Bertz CT molecular complexity index is 763. The van der Waals surface area contributed by atoms with Crippen LogP contribution in [0.4, 0.5) is 24.5 Å². The Labute approximate surface area is 139 Å². The van der Waals surface area contributed by atoms with Crippen LogP contribution in [0, 0.1) is 10.1 Å². The smallest absolute Gasteiger partial charge is 0.484 e. The molecule has 1 amide bonds. The first kappa shape index (κ1) is 18.0. The lowest BCUT2D eigenvalue weighted by atomic mass is 10.3. The fourth-order valence-corrected chi connectivity index (χ4v) is 1.77. The number of alkyl halides is 3. The third-order valence-electron chi connectivity index (χ3n) is 2.77. The first-order valence-electron chi connectivity index (χ1n) is 6.76. The van der Waals surface area contributed by atoms with Gasteiger partial charge in [0.2, 0.25) is 0 Å². The fraction of sp³-hybridized carbons (Fsp3) is 0.133. The van der Waals surface area contributed by atoms with Crippen LogP contribution < -0.4 is 14.8 Å². The number of amides is 1. The Kier molecular flexibility index (Phi) is 5.42. The largest absolute Gasteiger partial charge is 0.573 e. The molecule has 0 aromatic heterocycles. The molecule has 2 rings (SSSR count). The quantitative estimate of drug-likeness (QED) is 0.632. The number of rotatable bonds is 6. The molecule has 10 heteroatoms. The Morgan fingerprint density at radius 2 is 1.80 bits per heavy atom. The number of carbonyl (C=O) groups excluding carboxylic acids is 1. The highest BCUT2D eigenvalue weighted by atomic mass is 19.4. The van der Waals surface area contributed by atoms with Gasteiger partial charge in [-0.1, -0.05) is 6.07 Å². The van der Waals surface area contributed by atoms with E-state index in [9.17, 15) is 28.1 Å². The Balaban J connectivity index is 1.88. The van der Waals surface area contributed by atoms with Gasteiger partial charge in [-0.3, -0.25) is 14.9 Å². The molecule has 0 saturated heterocycles. The van der Waals surface area contributed by atoms with Crippen LogP contribution in [-0.4, -0.2) is 23.8 Å². The minimum Gasteiger partial charge on any atom is -0.484 e. The summed E-state index contributed by atoms with van der Waals surface area (Å²) in [6, 6.07) is 9.84. The summed E-state index contributed by atoms with van der Waals surface area (Å²) < 4.78 is 45.0. The molecule has 0 bridgehead atoms. The van der Waals surface area contributed by atoms with Crippen molar-refractivity contribution < 1.29 is 32.4 Å². The van der Waals surface area contributed by atoms with E-state index in [0.29, 0.717) is 0 Å². The summed E-state index contributed by atoms with van der Waals surface area (Å²) in [5.41, 5.74) is 0.0559. The number of nitrogens with zero attached hydrogens (tertiary/aromatic N) is 1. The molecular formula is C15H11F3N2O5. The van der Waals surface area contributed by atoms with Gasteiger partial charge in [0.05, 0.1) is 11.0 Å². The van der Waals surface area contributed by atoms with Crippen LogP contribution in [0.25, 0.3) is 0 Å². The minimum atomic E-state index is -4.79. The minimum absolute atomic E-state index is 0.137. The van der Waals surface area contributed by atoms with E-state index in [-0.39, 0.29) is 17.1 Å². The number of ether oxygens (including phenoxy) is 2. The average molecular weight is 356 g/mol. The lowest BCUT2D eigenvalue weighted by molar-refractivity contribution is -0.384. The Hall–Kier alpha value is -3.30. The van der Waals surface area contributed by atoms with Crippen molar-refractivity contribution in [3.63, 3.8) is 0 Å². The van der Waals surface area contributed by atoms with Crippen LogP contribution in [0.15, 0.2) is 48.5 Å². The van der Waals surface area contributed by atoms with E-state index in [1.165, 1.54) is 30.3 Å². The first-order valence-corrected chi connectivity index (χ1v) is 6.76. The second kappa shape index (κ2) is 7.51. The molecule has 0 fully saturated rings. The molecule has 0 unspecified atom stereocenters. The lowest BCUT2D eigenvalue weighted by Gasteiger charge is -2.10. The maximum Gasteiger partial charge on any atom is 0.573 e. The number of nitrogens with one attached hydrogen (secondary N) is 1. The van der Waals surface area contributed by atoms with Gasteiger partial charge < -0.3 is 14.8 Å². The maximum absolute atomic E-state index is 12.0. The summed E-state index contributed by atoms with van der Waals surface area (Å²) in [5.74, 6) is -0.868. The molecule has 0 aliphatic heterocycles. The molecule has 25 heavy (non-hydrogen) atoms. The molecule has 1 N–H and O–H groups in total. The second-order valence-electron chi connectivity index (χ2n) is 4.66. The molecule has 0 radical (unpaired) electrons. The normalized spacial score (nSPS) is 10.8. The standard InChI is InChI=1S/C15H11F3N2O5/c16-15(17,18)25-12-6-4-10(5-7-12)19-14(21)9-24-13-3-1-2-11(8-13)20(22)23/h1-8H,9H2,(H,19,21). The van der Waals surface area contributed by atoms with Crippen molar-refractivity contribution >= 4 is 17.3 Å². The molecule has 0 aliphatic carbocycles. The highest BCUT2D eigenvalue weighted by molar-refractivity contribution is 5.91. The molecule has 0 saturated carbocycles. The highest BCUT2D eigenvalue weighted by Gasteiger charge is 2.30. The van der Waals surface area contributed by atoms with Gasteiger partial charge in [-0.2, -0.15) is 0 Å². The summed E-state index contributed by atoms with van der Waals surface area (Å²) in [6.45, 7) is -0.429. The maximum atomic E-state index is 12.0. The average Bonchev–Trinajstić information content (AvgIpc) is 2.54. The Morgan fingerprint density at radius 1 is 1.12 bits per heavy atom. The number of halogens is 3. The second-order valence-corrected chi connectivity index (χ2v) is 4.66. The molecular weight excluding hydrogens is 345 g/mol. The highest BCUT2D eigenvalue weighted by Crippen LogP contribution is 2.24. The van der Waals surface area contributed by atoms with Crippen molar-refractivity contribution in [2.75, 3.05) is 11.9 Å². The van der Waals surface area contributed by atoms with Crippen LogP contribution in [0.3, 0.4) is 0 Å². The van der Waals surface area contributed by atoms with E-state index in [2.05, 4.69) is 10.1 Å². The van der Waals surface area contributed by atoms with Crippen LogP contribution in [0.1, 0.15) is 0 Å². The number of nitro groups is 1. The van der Waals surface area contributed by atoms with Crippen LogP contribution in [0.2, 0.25) is 0 Å². The van der Waals surface area contributed by atoms with Gasteiger partial charge in [0.15, 0.2) is 6.61 Å². The molecule has 7 nitrogen and oxygen atoms in total. The molecule has 2 aromatic rings. The van der Waals surface area contributed by atoms with Gasteiger partial charge >= 0.3 is 6.36 Å². The van der Waals surface area contributed by atoms with Crippen molar-refractivity contribution in [2.45, 2.75) is 6.36 Å². The van der Waals surface area contributed by atoms with Crippen LogP contribution >= 0.6 is 0 Å². The Morgan fingerprint density at radius 3 is 2.40 bits per heavy atom. The number of hydrogen-bond acceptors (Lipinski definition) is 5. The predicted octanol–water partition coefficient (Wildman–Crippen LogP) is 3.51. The third kappa shape index (κ3) is 6.01. The summed E-state index contributed by atoms with van der Waals surface area (Å²) in [4.78, 5) is 21.8. The monoisotopic (exact) mass is 356 g/mol. The van der Waals surface area contributed by atoms with Crippen molar-refractivity contribution in [3.05, 3.63) is 58.6 Å². The third-order valence-corrected chi connectivity index (χ3v) is 2.77. The van der Waals surface area contributed by atoms with E-state index in [1.807, 2.05) is 0 Å². The summed E-state index contributed by atoms with van der Waals surface area (Å²) in [6.07, 6.45) is -4.79. The molecule has 132 valence electrons. The number of nitro benzene ring substituents is 1. The lowest BCUT2D eigenvalue weighted by Crippen LogP contribution is -2.20. The van der Waals surface area contributed by atoms with Gasteiger partial charge in [-0.25, -0.2) is 0 Å². The van der Waals surface area contributed by atoms with Gasteiger partial charge in [0.25, 0.3) is 11.6 Å². The SMILES string of the molecule is O=C(COc1cccc([N+](=O)[O-])c1)Nc1ccc(OC(F)(F)F)cc1. The van der Waals surface area contributed by atoms with Crippen LogP contribution in [0.5, 0.6) is 11.5 Å². The van der Waals surface area contributed by atoms with Gasteiger partial charge in [0.1, 0.15) is 11.5 Å². The van der Waals surface area contributed by atoms with Crippen molar-refractivity contribution in [1.82, 2.24) is 0 Å². The zero-order valence-corrected chi connectivity index (χ0v) is 12.4. The van der Waals surface area contributed by atoms with E-state index < -0.39 is 29.5 Å². The topological polar surface area (TPSA) is 90.7 Å². The zero-order chi connectivity index (χ0) is 18.4. The van der Waals surface area contributed by atoms with Gasteiger partial charge in [0, 0.05) is 11.8 Å². The number of benzene rings is 2. The molecule has 0 atom stereocenters. The fourth-order valence-electron chi connectivity index (χ4n) is 1.77. The van der Waals surface area contributed by atoms with Gasteiger partial charge in [-0.05, 0) is 30.3 Å². The number of hydrogen-bond donors (Lipinski definition) is 1. The molecule has 0 heterocycles. The van der Waals surface area contributed by atoms with Crippen LogP contribution in [-0.2, 0) is 4.79 Å². The van der Waals surface area contributed by atoms with E-state index in [4.69, 9.17) is 4.74 Å². The first-order chi connectivity index (χ1) is 11.7. The van der Waals surface area contributed by atoms with E-state index in [0.717, 1.165) is 18.2 Å². The molecule has 0 spiro atoms. The van der Waals surface area contributed by atoms with Gasteiger partial charge in [-0.15, -0.1) is 13.2 Å². The van der Waals surface area contributed by atoms with Crippen molar-refractivity contribution in [2.24, 2.45) is 0 Å². The van der Waals surface area contributed by atoms with Crippen molar-refractivity contribution in [3.8, 4) is 11.5 Å². The number of carbonyl (C=O) groups is 1. The number of non-ortho nitro benzene ring substituents is 1. The summed E-state index contributed by atoms with van der Waals surface area (Å²) in [5, 5.41) is 13.0. The zero-order valence-electron chi connectivity index (χ0n) is 12.4. The summed E-state index contributed by atoms with van der Waals surface area (Å²) in [7, 11) is 0. The number of anilines is 1. The predicted molar refractivity (Wildman–Crippen MR) is 80.3 cm³/mol. The molecule has 2 aromatic carbocycles. The molecule has 0 aliphatic rings. The summed E-state index contributed by atoms with van der Waals surface area (Å²) >= 11 is 0.